The van der Waals surface area contributed by atoms with Crippen LogP contribution < -0.4 is 14.9 Å². The van der Waals surface area contributed by atoms with Crippen LogP contribution in [0, 0.1) is 0 Å². The highest BCUT2D eigenvalue weighted by molar-refractivity contribution is 9.10. The number of hydrogen-bond acceptors (Lipinski definition) is 12. The monoisotopic (exact) mass is 852 g/mol. The zero-order valence-electron chi connectivity index (χ0n) is 28.3. The van der Waals surface area contributed by atoms with Crippen molar-refractivity contribution in [2.75, 3.05) is 27.4 Å². The van der Waals surface area contributed by atoms with Crippen LogP contribution >= 0.6 is 43.5 Å². The van der Waals surface area contributed by atoms with Gasteiger partial charge in [-0.05, 0) is 79.4 Å². The van der Waals surface area contributed by atoms with E-state index >= 15 is 0 Å². The predicted molar refractivity (Wildman–Crippen MR) is 206 cm³/mol. The summed E-state index contributed by atoms with van der Waals surface area (Å²) in [6.45, 7) is 4.05. The number of methoxy groups -OCH3 is 2. The van der Waals surface area contributed by atoms with Gasteiger partial charge in [-0.2, -0.15) is 0 Å². The fourth-order valence-corrected chi connectivity index (χ4v) is 5.57. The molecule has 2 N–H and O–H groups in total. The van der Waals surface area contributed by atoms with Gasteiger partial charge in [-0.1, -0.05) is 56.1 Å². The molecule has 12 nitrogen and oxygen atoms in total. The van der Waals surface area contributed by atoms with Crippen LogP contribution in [0.2, 0.25) is 5.28 Å². The molecule has 0 aliphatic heterocycles. The van der Waals surface area contributed by atoms with Crippen LogP contribution in [0.15, 0.2) is 93.9 Å². The Morgan fingerprint density at radius 2 is 1.21 bits per heavy atom. The van der Waals surface area contributed by atoms with Gasteiger partial charge in [0.05, 0.1) is 38.5 Å². The third kappa shape index (κ3) is 10.7. The molecule has 0 saturated heterocycles. The Morgan fingerprint density at radius 3 is 1.69 bits per heavy atom. The van der Waals surface area contributed by atoms with Crippen molar-refractivity contribution in [2.24, 2.45) is 0 Å². The van der Waals surface area contributed by atoms with E-state index in [2.05, 4.69) is 51.8 Å². The highest BCUT2D eigenvalue weighted by Gasteiger charge is 2.18. The third-order valence-electron chi connectivity index (χ3n) is 6.95. The summed E-state index contributed by atoms with van der Waals surface area (Å²) in [5.41, 5.74) is 2.88. The largest absolute Gasteiger partial charge is 0.497 e. The zero-order chi connectivity index (χ0) is 37.8. The number of fused-ring (bicyclic) bond motifs is 2. The number of aromatic nitrogens is 4. The van der Waals surface area contributed by atoms with Crippen LogP contribution in [-0.4, -0.2) is 76.5 Å². The molecule has 6 aromatic rings. The van der Waals surface area contributed by atoms with Gasteiger partial charge >= 0.3 is 19.1 Å². The van der Waals surface area contributed by atoms with Crippen molar-refractivity contribution in [1.82, 2.24) is 19.9 Å². The minimum Gasteiger partial charge on any atom is -0.497 e. The maximum absolute atomic E-state index is 12.3. The van der Waals surface area contributed by atoms with Crippen molar-refractivity contribution in [2.45, 2.75) is 13.8 Å². The third-order valence-corrected chi connectivity index (χ3v) is 8.10. The minimum absolute atomic E-state index is 0.00111. The average Bonchev–Trinajstić information content (AvgIpc) is 3.14. The lowest BCUT2D eigenvalue weighted by molar-refractivity contribution is 0.0512. The van der Waals surface area contributed by atoms with E-state index in [0.29, 0.717) is 44.6 Å². The Kier molecular flexibility index (Phi) is 14.8. The van der Waals surface area contributed by atoms with E-state index in [0.717, 1.165) is 14.5 Å². The number of ether oxygens (including phenoxy) is 4. The number of carbonyl (C=O) groups excluding carboxylic acids is 2. The summed E-state index contributed by atoms with van der Waals surface area (Å²) in [7, 11) is 1.76. The maximum Gasteiger partial charge on any atom is 0.488 e. The first-order valence-electron chi connectivity index (χ1n) is 15.6. The summed E-state index contributed by atoms with van der Waals surface area (Å²) < 4.78 is 22.2. The molecule has 6 rings (SSSR count). The van der Waals surface area contributed by atoms with Crippen molar-refractivity contribution >= 4 is 89.8 Å². The molecular weight excluding hydrogens is 822 g/mol. The summed E-state index contributed by atoms with van der Waals surface area (Å²) in [5.74, 6) is 0.770. The lowest BCUT2D eigenvalue weighted by Crippen LogP contribution is -2.29. The standard InChI is InChI=1S/C18H15BrN2O3.C12H11ClN2O3.C6H6BBrO2/c1-3-24-18(22)16-14-8-7-13(23-2)10-15(14)20-17(21-16)11-5-4-6-12(19)9-11;1-3-18-11(16)10-8-5-4-7(17-2)6-9(8)14-12(13)15-10;8-6-3-1-2-5(4-6)7(9)10/h4-10H,3H2,1-2H3;4-6H,3H2,1-2H3;1-4,9-10H. The molecule has 2 heterocycles. The zero-order valence-corrected chi connectivity index (χ0v) is 32.3. The topological polar surface area (TPSA) is 163 Å². The van der Waals surface area contributed by atoms with E-state index in [9.17, 15) is 9.59 Å². The first-order chi connectivity index (χ1) is 25.0. The lowest BCUT2D eigenvalue weighted by atomic mass is 9.81. The van der Waals surface area contributed by atoms with Crippen LogP contribution in [0.5, 0.6) is 11.5 Å². The van der Waals surface area contributed by atoms with Crippen LogP contribution in [0.25, 0.3) is 33.2 Å². The second kappa shape index (κ2) is 19.3. The summed E-state index contributed by atoms with van der Waals surface area (Å²) in [6.07, 6.45) is 0. The molecule has 2 aromatic heterocycles. The van der Waals surface area contributed by atoms with Crippen molar-refractivity contribution in [3.8, 4) is 22.9 Å². The molecular formula is C36H32BBr2ClN4O8. The van der Waals surface area contributed by atoms with E-state index in [1.807, 2.05) is 30.3 Å². The summed E-state index contributed by atoms with van der Waals surface area (Å²) in [4.78, 5) is 41.1. The van der Waals surface area contributed by atoms with Gasteiger partial charge in [0.15, 0.2) is 17.2 Å². The molecule has 0 spiro atoms. The molecule has 4 aromatic carbocycles. The van der Waals surface area contributed by atoms with Crippen LogP contribution in [0.4, 0.5) is 0 Å². The van der Waals surface area contributed by atoms with Gasteiger partial charge in [0.2, 0.25) is 5.28 Å². The smallest absolute Gasteiger partial charge is 0.488 e. The Hall–Kier alpha value is -4.67. The summed E-state index contributed by atoms with van der Waals surface area (Å²) in [5, 5.41) is 18.6. The van der Waals surface area contributed by atoms with Gasteiger partial charge in [-0.3, -0.25) is 0 Å². The summed E-state index contributed by atoms with van der Waals surface area (Å²) in [6, 6.07) is 24.9. The molecule has 0 amide bonds. The molecule has 0 aliphatic rings. The number of carbonyl (C=O) groups is 2. The fraction of sp³-hybridized carbons (Fsp3) is 0.167. The lowest BCUT2D eigenvalue weighted by Gasteiger charge is -2.09. The molecule has 0 unspecified atom stereocenters. The highest BCUT2D eigenvalue weighted by Crippen LogP contribution is 2.27. The summed E-state index contributed by atoms with van der Waals surface area (Å²) >= 11 is 12.4. The van der Waals surface area contributed by atoms with E-state index < -0.39 is 19.1 Å². The predicted octanol–water partition coefficient (Wildman–Crippen LogP) is 6.84. The number of rotatable bonds is 8. The fourth-order valence-electron chi connectivity index (χ4n) is 4.58. The van der Waals surface area contributed by atoms with Crippen LogP contribution in [0.1, 0.15) is 34.8 Å². The molecule has 0 fully saturated rings. The van der Waals surface area contributed by atoms with Gasteiger partial charge in [-0.15, -0.1) is 0 Å². The molecule has 0 saturated carbocycles. The minimum atomic E-state index is -1.38. The Bertz CT molecular complexity index is 2200. The Labute approximate surface area is 321 Å². The molecule has 0 aliphatic carbocycles. The molecule has 16 heteroatoms. The molecule has 52 heavy (non-hydrogen) atoms. The van der Waals surface area contributed by atoms with Crippen molar-refractivity contribution in [3.05, 3.63) is 111 Å². The average molecular weight is 855 g/mol. The number of benzene rings is 4. The van der Waals surface area contributed by atoms with Crippen molar-refractivity contribution in [3.63, 3.8) is 0 Å². The molecule has 268 valence electrons. The van der Waals surface area contributed by atoms with E-state index in [-0.39, 0.29) is 29.9 Å². The maximum atomic E-state index is 12.3. The Morgan fingerprint density at radius 1 is 0.692 bits per heavy atom. The first kappa shape index (κ1) is 40.1. The van der Waals surface area contributed by atoms with Crippen LogP contribution in [0.3, 0.4) is 0 Å². The number of halogens is 3. The van der Waals surface area contributed by atoms with Crippen molar-refractivity contribution in [1.29, 1.82) is 0 Å². The number of esters is 2. The van der Waals surface area contributed by atoms with Gasteiger partial charge in [0.25, 0.3) is 0 Å². The number of nitrogens with zero attached hydrogens (tertiary/aromatic N) is 4. The van der Waals surface area contributed by atoms with Crippen LogP contribution in [-0.2, 0) is 9.47 Å². The second-order valence-electron chi connectivity index (χ2n) is 10.4. The molecule has 0 atom stereocenters. The van der Waals surface area contributed by atoms with Gasteiger partial charge in [-0.25, -0.2) is 29.5 Å². The Balaban J connectivity index is 0.000000190. The van der Waals surface area contributed by atoms with E-state index in [1.54, 1.807) is 82.7 Å². The molecule has 0 bridgehead atoms. The highest BCUT2D eigenvalue weighted by atomic mass is 79.9. The van der Waals surface area contributed by atoms with Gasteiger partial charge in [0, 0.05) is 37.4 Å². The normalized spacial score (nSPS) is 10.3. The second-order valence-corrected chi connectivity index (χ2v) is 12.6. The van der Waals surface area contributed by atoms with E-state index in [4.69, 9.17) is 40.6 Å². The van der Waals surface area contributed by atoms with Crippen molar-refractivity contribution < 1.29 is 38.6 Å². The SMILES string of the molecule is CCOC(=O)c1nc(-c2cccc(Br)c2)nc2cc(OC)ccc12.CCOC(=O)c1nc(Cl)nc2cc(OC)ccc12.OB(O)c1cccc(Br)c1. The first-order valence-corrected chi connectivity index (χ1v) is 17.5. The molecule has 0 radical (unpaired) electrons. The van der Waals surface area contributed by atoms with E-state index in [1.165, 1.54) is 0 Å². The van der Waals surface area contributed by atoms with Gasteiger partial charge in [0.1, 0.15) is 11.5 Å². The quantitative estimate of drug-likeness (QED) is 0.0933. The van der Waals surface area contributed by atoms with Gasteiger partial charge < -0.3 is 29.0 Å². The number of hydrogen-bond donors (Lipinski definition) is 2.